The zero-order valence-electron chi connectivity index (χ0n) is 16.0. The van der Waals surface area contributed by atoms with Crippen LogP contribution in [0.4, 0.5) is 14.5 Å². The van der Waals surface area contributed by atoms with Crippen LogP contribution in [0.5, 0.6) is 11.5 Å². The molecule has 0 fully saturated rings. The number of amidine groups is 1. The predicted octanol–water partition coefficient (Wildman–Crippen LogP) is 1.98. The quantitative estimate of drug-likeness (QED) is 0.344. The van der Waals surface area contributed by atoms with Crippen molar-refractivity contribution >= 4 is 27.3 Å². The lowest BCUT2D eigenvalue weighted by Crippen LogP contribution is -2.19. The third-order valence-electron chi connectivity index (χ3n) is 3.60. The lowest BCUT2D eigenvalue weighted by molar-refractivity contribution is -0.120. The molecule has 0 spiro atoms. The van der Waals surface area contributed by atoms with Crippen LogP contribution in [0.2, 0.25) is 0 Å². The Morgan fingerprint density at radius 1 is 1.17 bits per heavy atom. The fourth-order valence-corrected chi connectivity index (χ4v) is 2.85. The minimum Gasteiger partial charge on any atom is -0.493 e. The van der Waals surface area contributed by atoms with Crippen LogP contribution in [-0.4, -0.2) is 46.7 Å². The summed E-state index contributed by atoms with van der Waals surface area (Å²) in [4.78, 5) is 16.9. The Kier molecular flexibility index (Phi) is 7.53. The number of anilines is 1. The molecule has 9 nitrogen and oxygen atoms in total. The lowest BCUT2D eigenvalue weighted by atomic mass is 10.2. The number of methoxy groups -OCH3 is 1. The number of nitrogens with zero attached hydrogens (tertiary/aromatic N) is 1. The highest BCUT2D eigenvalue weighted by Gasteiger charge is 2.13. The van der Waals surface area contributed by atoms with Gasteiger partial charge < -0.3 is 25.4 Å². The van der Waals surface area contributed by atoms with Gasteiger partial charge >= 0.3 is 6.61 Å². The van der Waals surface area contributed by atoms with Gasteiger partial charge in [-0.05, 0) is 42.5 Å². The minimum absolute atomic E-state index is 0.0150. The van der Waals surface area contributed by atoms with Gasteiger partial charge in [0, 0.05) is 17.5 Å². The summed E-state index contributed by atoms with van der Waals surface area (Å²) < 4.78 is 56.8. The largest absolute Gasteiger partial charge is 0.493 e. The van der Waals surface area contributed by atoms with Crippen LogP contribution >= 0.6 is 0 Å². The average molecular weight is 443 g/mol. The average Bonchev–Trinajstić information content (AvgIpc) is 2.67. The van der Waals surface area contributed by atoms with E-state index in [-0.39, 0.29) is 22.2 Å². The van der Waals surface area contributed by atoms with Crippen molar-refractivity contribution < 1.29 is 36.3 Å². The summed E-state index contributed by atoms with van der Waals surface area (Å²) in [6.45, 7) is -3.49. The van der Waals surface area contributed by atoms with E-state index in [1.54, 1.807) is 0 Å². The number of ether oxygens (including phenoxy) is 2. The standard InChI is InChI=1S/C18H19F2N3O6S/c1-27-15-9-11(3-8-14(15)29-18(19)20)17(21)23-28-10-16(24)22-12-4-6-13(7-5-12)30(2,25)26/h3-9,18H,10H2,1-2H3,(H2,21,23)(H,22,24). The molecule has 0 aliphatic rings. The number of sulfone groups is 1. The second-order valence-corrected chi connectivity index (χ2v) is 7.85. The monoisotopic (exact) mass is 443 g/mol. The van der Waals surface area contributed by atoms with Crippen molar-refractivity contribution in [1.82, 2.24) is 0 Å². The number of amides is 1. The predicted molar refractivity (Wildman–Crippen MR) is 104 cm³/mol. The number of hydrogen-bond donors (Lipinski definition) is 2. The topological polar surface area (TPSA) is 129 Å². The molecule has 0 atom stereocenters. The number of nitrogens with one attached hydrogen (secondary N) is 1. The molecule has 0 aliphatic carbocycles. The maximum atomic E-state index is 12.4. The number of oxime groups is 1. The van der Waals surface area contributed by atoms with Crippen LogP contribution in [0.3, 0.4) is 0 Å². The third kappa shape index (κ3) is 6.58. The summed E-state index contributed by atoms with van der Waals surface area (Å²) in [5.41, 5.74) is 6.42. The van der Waals surface area contributed by atoms with Gasteiger partial charge in [0.15, 0.2) is 33.8 Å². The van der Waals surface area contributed by atoms with E-state index in [1.807, 2.05) is 0 Å². The molecule has 0 heterocycles. The van der Waals surface area contributed by atoms with Crippen LogP contribution in [-0.2, 0) is 19.5 Å². The Bertz CT molecular complexity index is 1030. The van der Waals surface area contributed by atoms with Gasteiger partial charge in [0.25, 0.3) is 5.91 Å². The normalized spacial score (nSPS) is 11.8. The van der Waals surface area contributed by atoms with E-state index in [0.717, 1.165) is 6.26 Å². The maximum Gasteiger partial charge on any atom is 0.387 e. The zero-order chi connectivity index (χ0) is 22.3. The van der Waals surface area contributed by atoms with Crippen molar-refractivity contribution in [3.63, 3.8) is 0 Å². The van der Waals surface area contributed by atoms with Crippen molar-refractivity contribution in [3.05, 3.63) is 48.0 Å². The number of hydrogen-bond acceptors (Lipinski definition) is 7. The highest BCUT2D eigenvalue weighted by atomic mass is 32.2. The summed E-state index contributed by atoms with van der Waals surface area (Å²) >= 11 is 0. The van der Waals surface area contributed by atoms with E-state index in [9.17, 15) is 22.0 Å². The van der Waals surface area contributed by atoms with E-state index >= 15 is 0 Å². The van der Waals surface area contributed by atoms with Gasteiger partial charge in [0.1, 0.15) is 0 Å². The minimum atomic E-state index is -3.33. The van der Waals surface area contributed by atoms with Crippen molar-refractivity contribution in [1.29, 1.82) is 0 Å². The zero-order valence-corrected chi connectivity index (χ0v) is 16.8. The maximum absolute atomic E-state index is 12.4. The van der Waals surface area contributed by atoms with Gasteiger partial charge in [0.05, 0.1) is 12.0 Å². The summed E-state index contributed by atoms with van der Waals surface area (Å²) in [5, 5.41) is 6.10. The number of nitrogens with two attached hydrogens (primary N) is 1. The van der Waals surface area contributed by atoms with Gasteiger partial charge in [-0.15, -0.1) is 0 Å². The molecule has 1 amide bonds. The summed E-state index contributed by atoms with van der Waals surface area (Å²) in [7, 11) is -2.06. The Hall–Kier alpha value is -3.41. The van der Waals surface area contributed by atoms with Crippen LogP contribution in [0.15, 0.2) is 52.5 Å². The number of alkyl halides is 2. The number of carbonyl (C=O) groups is 1. The molecule has 0 unspecified atom stereocenters. The molecule has 2 aromatic rings. The second kappa shape index (κ2) is 9.87. The molecule has 0 saturated heterocycles. The van der Waals surface area contributed by atoms with Crippen molar-refractivity contribution in [2.75, 3.05) is 25.3 Å². The fraction of sp³-hybridized carbons (Fsp3) is 0.222. The molecular weight excluding hydrogens is 424 g/mol. The Morgan fingerprint density at radius 2 is 1.83 bits per heavy atom. The molecule has 0 radical (unpaired) electrons. The van der Waals surface area contributed by atoms with E-state index < -0.39 is 29.0 Å². The van der Waals surface area contributed by atoms with Gasteiger partial charge in [-0.2, -0.15) is 8.78 Å². The molecular formula is C18H19F2N3O6S. The van der Waals surface area contributed by atoms with E-state index in [4.69, 9.17) is 15.3 Å². The molecule has 2 aromatic carbocycles. The summed E-state index contributed by atoms with van der Waals surface area (Å²) in [5.74, 6) is -0.841. The first kappa shape index (κ1) is 22.9. The molecule has 12 heteroatoms. The molecule has 2 rings (SSSR count). The van der Waals surface area contributed by atoms with Gasteiger partial charge in [-0.1, -0.05) is 5.16 Å². The summed E-state index contributed by atoms with van der Waals surface area (Å²) in [6.07, 6.45) is 1.08. The number of carbonyl (C=O) groups excluding carboxylic acids is 1. The van der Waals surface area contributed by atoms with Gasteiger partial charge in [0.2, 0.25) is 0 Å². The first-order chi connectivity index (χ1) is 14.1. The Balaban J connectivity index is 1.95. The highest BCUT2D eigenvalue weighted by molar-refractivity contribution is 7.90. The smallest absolute Gasteiger partial charge is 0.387 e. The molecule has 0 bridgehead atoms. The van der Waals surface area contributed by atoms with Crippen molar-refractivity contribution in [2.24, 2.45) is 10.9 Å². The van der Waals surface area contributed by atoms with Gasteiger partial charge in [-0.25, -0.2) is 8.42 Å². The Morgan fingerprint density at radius 3 is 2.40 bits per heavy atom. The van der Waals surface area contributed by atoms with E-state index in [2.05, 4.69) is 15.2 Å². The molecule has 3 N–H and O–H groups in total. The number of benzene rings is 2. The molecule has 0 aliphatic heterocycles. The number of halogens is 2. The van der Waals surface area contributed by atoms with Crippen LogP contribution in [0, 0.1) is 0 Å². The SMILES string of the molecule is COc1cc(/C(N)=N/OCC(=O)Nc2ccc(S(C)(=O)=O)cc2)ccc1OC(F)F. The molecule has 0 aromatic heterocycles. The Labute approximate surface area is 171 Å². The number of rotatable bonds is 9. The molecule has 30 heavy (non-hydrogen) atoms. The molecule has 0 saturated carbocycles. The van der Waals surface area contributed by atoms with Gasteiger partial charge in [-0.3, -0.25) is 4.79 Å². The lowest BCUT2D eigenvalue weighted by Gasteiger charge is -2.11. The van der Waals surface area contributed by atoms with Crippen LogP contribution < -0.4 is 20.5 Å². The van der Waals surface area contributed by atoms with Crippen molar-refractivity contribution in [3.8, 4) is 11.5 Å². The highest BCUT2D eigenvalue weighted by Crippen LogP contribution is 2.29. The van der Waals surface area contributed by atoms with Crippen molar-refractivity contribution in [2.45, 2.75) is 11.5 Å². The van der Waals surface area contributed by atoms with E-state index in [1.165, 1.54) is 49.6 Å². The van der Waals surface area contributed by atoms with E-state index in [0.29, 0.717) is 11.3 Å². The van der Waals surface area contributed by atoms with Crippen LogP contribution in [0.25, 0.3) is 0 Å². The third-order valence-corrected chi connectivity index (χ3v) is 4.73. The first-order valence-corrected chi connectivity index (χ1v) is 10.2. The van der Waals surface area contributed by atoms with Crippen LogP contribution in [0.1, 0.15) is 5.56 Å². The first-order valence-electron chi connectivity index (χ1n) is 8.28. The second-order valence-electron chi connectivity index (χ2n) is 5.84. The fourth-order valence-electron chi connectivity index (χ4n) is 2.22. The molecule has 162 valence electrons. The summed E-state index contributed by atoms with van der Waals surface area (Å²) in [6, 6.07) is 9.50.